The van der Waals surface area contributed by atoms with E-state index >= 15 is 0 Å². The van der Waals surface area contributed by atoms with Crippen molar-refractivity contribution in [3.63, 3.8) is 0 Å². The molecule has 1 aromatic heterocycles. The topological polar surface area (TPSA) is 172 Å². The number of anilines is 3. The van der Waals surface area contributed by atoms with E-state index in [1.54, 1.807) is 5.43 Å². The molecule has 1 amide bonds. The van der Waals surface area contributed by atoms with Crippen LogP contribution in [0.2, 0.25) is 0 Å². The highest BCUT2D eigenvalue weighted by Crippen LogP contribution is 2.20. The van der Waals surface area contributed by atoms with E-state index in [2.05, 4.69) is 25.7 Å². The van der Waals surface area contributed by atoms with E-state index in [1.807, 2.05) is 24.3 Å². The van der Waals surface area contributed by atoms with Crippen LogP contribution in [0.5, 0.6) is 0 Å². The molecule has 0 bridgehead atoms. The smallest absolute Gasteiger partial charge is 0.254 e. The van der Waals surface area contributed by atoms with Gasteiger partial charge in [-0.3, -0.25) is 4.79 Å². The normalized spacial score (nSPS) is 10.6. The highest BCUT2D eigenvalue weighted by atomic mass is 16.1. The van der Waals surface area contributed by atoms with Gasteiger partial charge in [0.2, 0.25) is 5.95 Å². The molecule has 0 radical (unpaired) electrons. The first-order valence-corrected chi connectivity index (χ1v) is 7.47. The summed E-state index contributed by atoms with van der Waals surface area (Å²) in [6.07, 6.45) is 3.82. The molecule has 1 heterocycles. The fourth-order valence-corrected chi connectivity index (χ4v) is 1.93. The predicted octanol–water partition coefficient (Wildman–Crippen LogP) is -0.480. The maximum Gasteiger partial charge on any atom is 0.254 e. The molecular formula is C15H20N9O+. The van der Waals surface area contributed by atoms with Crippen molar-refractivity contribution < 1.29 is 10.2 Å². The zero-order valence-electron chi connectivity index (χ0n) is 13.4. The molecule has 130 valence electrons. The molecule has 0 aliphatic carbocycles. The summed E-state index contributed by atoms with van der Waals surface area (Å²) in [6.45, 7) is 0.933. The van der Waals surface area contributed by atoms with Crippen molar-refractivity contribution in [3.05, 3.63) is 36.0 Å². The van der Waals surface area contributed by atoms with Gasteiger partial charge in [-0.05, 0) is 6.07 Å². The van der Waals surface area contributed by atoms with Gasteiger partial charge in [-0.15, -0.1) is 0 Å². The lowest BCUT2D eigenvalue weighted by atomic mass is 10.2. The maximum atomic E-state index is 11.6. The standard InChI is InChI=1S/C15H19N9O/c16-4-6-19-15-20-9-12(13(18)25)14(23-15)22-10-2-1-3-11(8-10)24-21-7-5-17/h1-3,5,7-9,17,24H,4,6,16H2,(H2,18,25)(H2,19,20,22,23)/p+1. The molecule has 0 aliphatic rings. The van der Waals surface area contributed by atoms with Crippen LogP contribution >= 0.6 is 0 Å². The van der Waals surface area contributed by atoms with Gasteiger partial charge in [-0.1, -0.05) is 11.2 Å². The number of benzene rings is 1. The van der Waals surface area contributed by atoms with Gasteiger partial charge in [0.15, 0.2) is 5.69 Å². The summed E-state index contributed by atoms with van der Waals surface area (Å²) in [5, 5.41) is 16.9. The number of nitrogens with two attached hydrogens (primary N) is 3. The Balaban J connectivity index is 2.25. The Morgan fingerprint density at radius 1 is 1.44 bits per heavy atom. The van der Waals surface area contributed by atoms with Gasteiger partial charge in [0.05, 0.1) is 0 Å². The number of carbonyl (C=O) groups excluding carboxylic acids is 1. The molecule has 9 N–H and O–H groups in total. The predicted molar refractivity (Wildman–Crippen MR) is 96.7 cm³/mol. The minimum atomic E-state index is -0.633. The Morgan fingerprint density at radius 3 is 3.00 bits per heavy atom. The lowest BCUT2D eigenvalue weighted by Gasteiger charge is -2.11. The third-order valence-electron chi connectivity index (χ3n) is 3.02. The van der Waals surface area contributed by atoms with Crippen molar-refractivity contribution in [1.82, 2.24) is 9.97 Å². The molecule has 10 nitrogen and oxygen atoms in total. The first-order valence-electron chi connectivity index (χ1n) is 7.47. The van der Waals surface area contributed by atoms with Crippen molar-refractivity contribution in [1.29, 1.82) is 5.41 Å². The first-order chi connectivity index (χ1) is 12.1. The average Bonchev–Trinajstić information content (AvgIpc) is 2.60. The summed E-state index contributed by atoms with van der Waals surface area (Å²) in [7, 11) is 0. The Labute approximate surface area is 144 Å². The Morgan fingerprint density at radius 2 is 2.28 bits per heavy atom. The SMILES string of the molecule is N=CC=N[NH2+]c1cccc(Nc2nc(NCCN)ncc2C(N)=O)c1. The third kappa shape index (κ3) is 5.34. The summed E-state index contributed by atoms with van der Waals surface area (Å²) in [5.41, 5.74) is 14.1. The van der Waals surface area contributed by atoms with E-state index in [9.17, 15) is 4.79 Å². The summed E-state index contributed by atoms with van der Waals surface area (Å²) in [5.74, 6) is 0.00425. The molecule has 0 unspecified atom stereocenters. The molecular weight excluding hydrogens is 322 g/mol. The van der Waals surface area contributed by atoms with Gasteiger partial charge in [-0.2, -0.15) is 10.4 Å². The molecule has 2 rings (SSSR count). The van der Waals surface area contributed by atoms with Crippen molar-refractivity contribution in [2.24, 2.45) is 16.6 Å². The van der Waals surface area contributed by atoms with Crippen LogP contribution in [-0.2, 0) is 0 Å². The Kier molecular flexibility index (Phi) is 6.51. The van der Waals surface area contributed by atoms with E-state index < -0.39 is 5.91 Å². The van der Waals surface area contributed by atoms with Crippen LogP contribution in [0.15, 0.2) is 35.6 Å². The van der Waals surface area contributed by atoms with Crippen LogP contribution in [-0.4, -0.2) is 41.4 Å². The number of amides is 1. The van der Waals surface area contributed by atoms with Crippen molar-refractivity contribution in [3.8, 4) is 0 Å². The minimum Gasteiger partial charge on any atom is -0.365 e. The molecule has 10 heteroatoms. The largest absolute Gasteiger partial charge is 0.365 e. The highest BCUT2D eigenvalue weighted by Gasteiger charge is 2.13. The number of aromatic nitrogens is 2. The lowest BCUT2D eigenvalue weighted by Crippen LogP contribution is -2.71. The number of nitrogens with zero attached hydrogens (tertiary/aromatic N) is 3. The average molecular weight is 342 g/mol. The monoisotopic (exact) mass is 342 g/mol. The lowest BCUT2D eigenvalue weighted by molar-refractivity contribution is -0.576. The van der Waals surface area contributed by atoms with Gasteiger partial charge < -0.3 is 27.5 Å². The number of rotatable bonds is 9. The minimum absolute atomic E-state index is 0.175. The fraction of sp³-hybridized carbons (Fsp3) is 0.133. The summed E-state index contributed by atoms with van der Waals surface area (Å²) >= 11 is 0. The van der Waals surface area contributed by atoms with Crippen LogP contribution in [0, 0.1) is 5.41 Å². The zero-order chi connectivity index (χ0) is 18.1. The second kappa shape index (κ2) is 9.05. The zero-order valence-corrected chi connectivity index (χ0v) is 13.4. The molecule has 2 aromatic rings. The number of hydrogen-bond donors (Lipinski definition) is 6. The van der Waals surface area contributed by atoms with Crippen LogP contribution in [0.3, 0.4) is 0 Å². The highest BCUT2D eigenvalue weighted by molar-refractivity contribution is 6.14. The first kappa shape index (κ1) is 18.0. The van der Waals surface area contributed by atoms with E-state index in [4.69, 9.17) is 16.9 Å². The fourth-order valence-electron chi connectivity index (χ4n) is 1.93. The van der Waals surface area contributed by atoms with Crippen LogP contribution in [0.4, 0.5) is 23.1 Å². The molecule has 0 aliphatic heterocycles. The molecule has 0 spiro atoms. The molecule has 0 fully saturated rings. The molecule has 0 saturated heterocycles. The summed E-state index contributed by atoms with van der Waals surface area (Å²) < 4.78 is 0. The number of quaternary nitrogens is 1. The molecule has 1 aromatic carbocycles. The van der Waals surface area contributed by atoms with E-state index in [-0.39, 0.29) is 5.56 Å². The second-order valence-electron chi connectivity index (χ2n) is 4.88. The number of primary amides is 1. The Bertz CT molecular complexity index is 775. The third-order valence-corrected chi connectivity index (χ3v) is 3.02. The van der Waals surface area contributed by atoms with Crippen molar-refractivity contribution >= 4 is 41.5 Å². The maximum absolute atomic E-state index is 11.6. The van der Waals surface area contributed by atoms with Crippen LogP contribution in [0.1, 0.15) is 10.4 Å². The second-order valence-corrected chi connectivity index (χ2v) is 4.88. The number of hydrogen-bond acceptors (Lipinski definition) is 8. The van der Waals surface area contributed by atoms with Crippen molar-refractivity contribution in [2.75, 3.05) is 23.7 Å². The van der Waals surface area contributed by atoms with Gasteiger partial charge in [0, 0.05) is 43.3 Å². The molecule has 0 atom stereocenters. The molecule has 25 heavy (non-hydrogen) atoms. The number of nitrogens with one attached hydrogen (secondary N) is 3. The Hall–Kier alpha value is -3.37. The number of carbonyl (C=O) groups is 1. The molecule has 0 saturated carbocycles. The van der Waals surface area contributed by atoms with Crippen LogP contribution < -0.4 is 27.5 Å². The summed E-state index contributed by atoms with van der Waals surface area (Å²) in [4.78, 5) is 19.9. The van der Waals surface area contributed by atoms with Gasteiger partial charge in [0.1, 0.15) is 17.6 Å². The van der Waals surface area contributed by atoms with E-state index in [0.29, 0.717) is 30.5 Å². The van der Waals surface area contributed by atoms with E-state index in [1.165, 1.54) is 12.4 Å². The van der Waals surface area contributed by atoms with Gasteiger partial charge in [0.25, 0.3) is 5.91 Å². The summed E-state index contributed by atoms with van der Waals surface area (Å²) in [6, 6.07) is 7.32. The van der Waals surface area contributed by atoms with Gasteiger partial charge >= 0.3 is 0 Å². The van der Waals surface area contributed by atoms with Gasteiger partial charge in [-0.25, -0.2) is 4.98 Å². The van der Waals surface area contributed by atoms with Crippen molar-refractivity contribution in [2.45, 2.75) is 0 Å². The quantitative estimate of drug-likeness (QED) is 0.155. The van der Waals surface area contributed by atoms with E-state index in [0.717, 1.165) is 11.9 Å². The van der Waals surface area contributed by atoms with Crippen LogP contribution in [0.25, 0.3) is 0 Å².